The summed E-state index contributed by atoms with van der Waals surface area (Å²) in [5.74, 6) is 0.828. The highest BCUT2D eigenvalue weighted by Crippen LogP contribution is 2.18. The number of nitrogens with one attached hydrogen (secondary N) is 2. The minimum Gasteiger partial charge on any atom is -0.354 e. The van der Waals surface area contributed by atoms with E-state index in [2.05, 4.69) is 27.5 Å². The number of nitrogens with zero attached hydrogens (tertiary/aromatic N) is 2. The molecule has 0 aliphatic carbocycles. The van der Waals surface area contributed by atoms with Crippen LogP contribution in [0.1, 0.15) is 26.2 Å². The number of hydrogen-bond donors (Lipinski definition) is 2. The predicted molar refractivity (Wildman–Crippen MR) is 79.7 cm³/mol. The number of hydrogen-bond acceptors (Lipinski definition) is 4. The summed E-state index contributed by atoms with van der Waals surface area (Å²) in [4.78, 5) is 8.45. The number of halogens is 1. The van der Waals surface area contributed by atoms with Gasteiger partial charge >= 0.3 is 0 Å². The van der Waals surface area contributed by atoms with E-state index in [1.165, 1.54) is 18.9 Å². The van der Waals surface area contributed by atoms with Crippen LogP contribution >= 0.6 is 0 Å². The molecule has 106 valence electrons. The number of unbranched alkanes of at least 4 members (excludes halogenated alkanes) is 2. The molecule has 0 amide bonds. The lowest BCUT2D eigenvalue weighted by Crippen LogP contribution is -2.06. The van der Waals surface area contributed by atoms with Gasteiger partial charge in [0.25, 0.3) is 0 Å². The lowest BCUT2D eigenvalue weighted by atomic mass is 10.2. The standard InChI is InChI=1S/C15H19FN4/c1-2-3-6-10-17-15-18-11-9-14(20-15)19-13-8-5-4-7-12(13)16/h4-5,7-9,11H,2-3,6,10H2,1H3,(H2,17,18,19,20). The van der Waals surface area contributed by atoms with Crippen molar-refractivity contribution in [3.05, 3.63) is 42.3 Å². The molecular formula is C15H19FN4. The maximum absolute atomic E-state index is 13.5. The van der Waals surface area contributed by atoms with Crippen molar-refractivity contribution in [2.75, 3.05) is 17.2 Å². The summed E-state index contributed by atoms with van der Waals surface area (Å²) in [5.41, 5.74) is 0.406. The maximum atomic E-state index is 13.5. The molecule has 4 nitrogen and oxygen atoms in total. The molecule has 2 rings (SSSR count). The monoisotopic (exact) mass is 274 g/mol. The second-order valence-corrected chi connectivity index (χ2v) is 4.50. The Morgan fingerprint density at radius 2 is 2.00 bits per heavy atom. The molecule has 0 spiro atoms. The predicted octanol–water partition coefficient (Wildman–Crippen LogP) is 3.96. The van der Waals surface area contributed by atoms with E-state index >= 15 is 0 Å². The first-order valence-electron chi connectivity index (χ1n) is 6.88. The third kappa shape index (κ3) is 4.19. The van der Waals surface area contributed by atoms with Gasteiger partial charge in [0.2, 0.25) is 5.95 Å². The molecular weight excluding hydrogens is 255 g/mol. The van der Waals surface area contributed by atoms with Gasteiger partial charge in [-0.3, -0.25) is 0 Å². The third-order valence-corrected chi connectivity index (χ3v) is 2.86. The fraction of sp³-hybridized carbons (Fsp3) is 0.333. The average molecular weight is 274 g/mol. The molecule has 1 aromatic carbocycles. The van der Waals surface area contributed by atoms with Crippen molar-refractivity contribution in [3.8, 4) is 0 Å². The molecule has 0 atom stereocenters. The van der Waals surface area contributed by atoms with Gasteiger partial charge < -0.3 is 10.6 Å². The highest BCUT2D eigenvalue weighted by Gasteiger charge is 2.03. The smallest absolute Gasteiger partial charge is 0.224 e. The second-order valence-electron chi connectivity index (χ2n) is 4.50. The van der Waals surface area contributed by atoms with Gasteiger partial charge in [0.1, 0.15) is 11.6 Å². The van der Waals surface area contributed by atoms with Crippen LogP contribution in [0.2, 0.25) is 0 Å². The molecule has 0 bridgehead atoms. The number of para-hydroxylation sites is 1. The molecule has 0 fully saturated rings. The Kier molecular flexibility index (Phi) is 5.29. The Bertz CT molecular complexity index is 545. The summed E-state index contributed by atoms with van der Waals surface area (Å²) in [5, 5.41) is 6.11. The fourth-order valence-electron chi connectivity index (χ4n) is 1.79. The summed E-state index contributed by atoms with van der Waals surface area (Å²) in [6.07, 6.45) is 5.10. The average Bonchev–Trinajstić information content (AvgIpc) is 2.47. The number of benzene rings is 1. The number of aromatic nitrogens is 2. The van der Waals surface area contributed by atoms with E-state index in [1.54, 1.807) is 30.5 Å². The highest BCUT2D eigenvalue weighted by atomic mass is 19.1. The van der Waals surface area contributed by atoms with E-state index in [1.807, 2.05) is 0 Å². The summed E-state index contributed by atoms with van der Waals surface area (Å²) in [6.45, 7) is 3.01. The van der Waals surface area contributed by atoms with Gasteiger partial charge in [-0.2, -0.15) is 4.98 Å². The van der Waals surface area contributed by atoms with Crippen molar-refractivity contribution in [3.63, 3.8) is 0 Å². The van der Waals surface area contributed by atoms with Crippen LogP contribution in [0.15, 0.2) is 36.5 Å². The van der Waals surface area contributed by atoms with Crippen LogP contribution in [0.5, 0.6) is 0 Å². The van der Waals surface area contributed by atoms with Crippen molar-refractivity contribution in [1.29, 1.82) is 0 Å². The van der Waals surface area contributed by atoms with Crippen LogP contribution in [0.4, 0.5) is 21.8 Å². The maximum Gasteiger partial charge on any atom is 0.224 e. The van der Waals surface area contributed by atoms with Crippen molar-refractivity contribution in [2.24, 2.45) is 0 Å². The van der Waals surface area contributed by atoms with Gasteiger partial charge in [-0.1, -0.05) is 31.9 Å². The van der Waals surface area contributed by atoms with Gasteiger partial charge in [-0.15, -0.1) is 0 Å². The largest absolute Gasteiger partial charge is 0.354 e. The highest BCUT2D eigenvalue weighted by molar-refractivity contribution is 5.57. The molecule has 0 radical (unpaired) electrons. The lowest BCUT2D eigenvalue weighted by Gasteiger charge is -2.08. The first kappa shape index (κ1) is 14.2. The van der Waals surface area contributed by atoms with Gasteiger partial charge in [-0.25, -0.2) is 9.37 Å². The number of anilines is 3. The van der Waals surface area contributed by atoms with Crippen LogP contribution in [0.3, 0.4) is 0 Å². The summed E-state index contributed by atoms with van der Waals surface area (Å²) < 4.78 is 13.5. The van der Waals surface area contributed by atoms with Gasteiger partial charge in [-0.05, 0) is 24.6 Å². The molecule has 0 saturated carbocycles. The summed E-state index contributed by atoms with van der Waals surface area (Å²) >= 11 is 0. The molecule has 1 aromatic heterocycles. The lowest BCUT2D eigenvalue weighted by molar-refractivity contribution is 0.632. The molecule has 0 saturated heterocycles. The van der Waals surface area contributed by atoms with Gasteiger partial charge in [0.05, 0.1) is 5.69 Å². The quantitative estimate of drug-likeness (QED) is 0.750. The van der Waals surface area contributed by atoms with Gasteiger partial charge in [0.15, 0.2) is 0 Å². The zero-order valence-corrected chi connectivity index (χ0v) is 11.6. The molecule has 0 unspecified atom stereocenters. The van der Waals surface area contributed by atoms with Crippen molar-refractivity contribution in [2.45, 2.75) is 26.2 Å². The summed E-state index contributed by atoms with van der Waals surface area (Å²) in [6, 6.07) is 8.22. The van der Waals surface area contributed by atoms with Crippen molar-refractivity contribution < 1.29 is 4.39 Å². The number of rotatable bonds is 7. The van der Waals surface area contributed by atoms with E-state index in [4.69, 9.17) is 0 Å². The van der Waals surface area contributed by atoms with Crippen molar-refractivity contribution in [1.82, 2.24) is 9.97 Å². The Morgan fingerprint density at radius 3 is 2.80 bits per heavy atom. The van der Waals surface area contributed by atoms with Crippen molar-refractivity contribution >= 4 is 17.5 Å². The molecule has 5 heteroatoms. The SMILES string of the molecule is CCCCCNc1nccc(Nc2ccccc2F)n1. The zero-order chi connectivity index (χ0) is 14.2. The van der Waals surface area contributed by atoms with Crippen LogP contribution in [-0.4, -0.2) is 16.5 Å². The van der Waals surface area contributed by atoms with Crippen LogP contribution in [0.25, 0.3) is 0 Å². The molecule has 2 aromatic rings. The normalized spacial score (nSPS) is 10.3. The fourth-order valence-corrected chi connectivity index (χ4v) is 1.79. The zero-order valence-electron chi connectivity index (χ0n) is 11.6. The minimum absolute atomic E-state index is 0.302. The van der Waals surface area contributed by atoms with E-state index in [-0.39, 0.29) is 5.82 Å². The van der Waals surface area contributed by atoms with Crippen LogP contribution in [0, 0.1) is 5.82 Å². The second kappa shape index (κ2) is 7.43. The Labute approximate surface area is 118 Å². The first-order chi connectivity index (χ1) is 9.79. The van der Waals surface area contributed by atoms with E-state index in [9.17, 15) is 4.39 Å². The molecule has 2 N–H and O–H groups in total. The Morgan fingerprint density at radius 1 is 1.15 bits per heavy atom. The third-order valence-electron chi connectivity index (χ3n) is 2.86. The van der Waals surface area contributed by atoms with Crippen LogP contribution in [-0.2, 0) is 0 Å². The van der Waals surface area contributed by atoms with Crippen LogP contribution < -0.4 is 10.6 Å². The summed E-state index contributed by atoms with van der Waals surface area (Å²) in [7, 11) is 0. The van der Waals surface area contributed by atoms with E-state index in [0.29, 0.717) is 17.5 Å². The Hall–Kier alpha value is -2.17. The molecule has 0 aliphatic rings. The molecule has 0 aliphatic heterocycles. The first-order valence-corrected chi connectivity index (χ1v) is 6.88. The minimum atomic E-state index is -0.302. The van der Waals surface area contributed by atoms with E-state index < -0.39 is 0 Å². The molecule has 1 heterocycles. The topological polar surface area (TPSA) is 49.8 Å². The van der Waals surface area contributed by atoms with E-state index in [0.717, 1.165) is 13.0 Å². The van der Waals surface area contributed by atoms with Gasteiger partial charge in [0, 0.05) is 12.7 Å². The molecule has 20 heavy (non-hydrogen) atoms. The Balaban J connectivity index is 1.97.